The van der Waals surface area contributed by atoms with Crippen LogP contribution in [-0.2, 0) is 19.9 Å². The summed E-state index contributed by atoms with van der Waals surface area (Å²) in [4.78, 5) is 2.34. The molecular formula is C14H27N3O4S2. The summed E-state index contributed by atoms with van der Waals surface area (Å²) in [7, 11) is -6.66. The Morgan fingerprint density at radius 2 is 1.91 bits per heavy atom. The van der Waals surface area contributed by atoms with Gasteiger partial charge in [-0.05, 0) is 24.8 Å². The van der Waals surface area contributed by atoms with E-state index in [1.165, 1.54) is 4.31 Å². The predicted molar refractivity (Wildman–Crippen MR) is 89.6 cm³/mol. The van der Waals surface area contributed by atoms with Crippen LogP contribution in [0.2, 0.25) is 0 Å². The molecule has 23 heavy (non-hydrogen) atoms. The number of hydrogen-bond donors (Lipinski definition) is 1. The highest BCUT2D eigenvalue weighted by molar-refractivity contribution is 7.95. The van der Waals surface area contributed by atoms with Crippen LogP contribution in [0.3, 0.4) is 0 Å². The number of sulfonamides is 1. The molecule has 0 aromatic rings. The average molecular weight is 366 g/mol. The van der Waals surface area contributed by atoms with Crippen LogP contribution in [0, 0.1) is 5.41 Å². The van der Waals surface area contributed by atoms with E-state index >= 15 is 0 Å². The van der Waals surface area contributed by atoms with E-state index in [1.807, 2.05) is 0 Å². The van der Waals surface area contributed by atoms with Crippen molar-refractivity contribution in [2.24, 2.45) is 5.41 Å². The van der Waals surface area contributed by atoms with Gasteiger partial charge >= 0.3 is 0 Å². The number of piperazine rings is 1. The van der Waals surface area contributed by atoms with Crippen LogP contribution in [0.5, 0.6) is 0 Å². The van der Waals surface area contributed by atoms with Gasteiger partial charge in [-0.15, -0.1) is 0 Å². The lowest BCUT2D eigenvalue weighted by Gasteiger charge is -2.38. The second kappa shape index (κ2) is 6.25. The van der Waals surface area contributed by atoms with Crippen LogP contribution in [0.25, 0.3) is 0 Å². The Bertz CT molecular complexity index is 633. The molecule has 0 radical (unpaired) electrons. The molecule has 0 saturated carbocycles. The van der Waals surface area contributed by atoms with Crippen molar-refractivity contribution in [3.8, 4) is 0 Å². The van der Waals surface area contributed by atoms with Crippen LogP contribution in [0.1, 0.15) is 19.8 Å². The Morgan fingerprint density at radius 1 is 1.22 bits per heavy atom. The number of nitrogens with one attached hydrogen (secondary N) is 1. The maximum atomic E-state index is 12.6. The van der Waals surface area contributed by atoms with Gasteiger partial charge in [-0.2, -0.15) is 4.31 Å². The maximum absolute atomic E-state index is 12.6. The van der Waals surface area contributed by atoms with Crippen LogP contribution < -0.4 is 5.32 Å². The van der Waals surface area contributed by atoms with Gasteiger partial charge in [-0.3, -0.25) is 0 Å². The van der Waals surface area contributed by atoms with Crippen LogP contribution in [0.4, 0.5) is 0 Å². The van der Waals surface area contributed by atoms with E-state index in [9.17, 15) is 16.8 Å². The Hall–Kier alpha value is -0.220. The third-order valence-corrected chi connectivity index (χ3v) is 9.67. The molecule has 0 aromatic carbocycles. The predicted octanol–water partition coefficient (Wildman–Crippen LogP) is -0.879. The van der Waals surface area contributed by atoms with Crippen molar-refractivity contribution in [2.45, 2.75) is 25.0 Å². The first kappa shape index (κ1) is 17.6. The minimum absolute atomic E-state index is 0.00220. The van der Waals surface area contributed by atoms with E-state index in [1.54, 1.807) is 0 Å². The van der Waals surface area contributed by atoms with Crippen molar-refractivity contribution in [3.63, 3.8) is 0 Å². The van der Waals surface area contributed by atoms with Crippen molar-refractivity contribution in [1.29, 1.82) is 0 Å². The summed E-state index contributed by atoms with van der Waals surface area (Å²) in [6.45, 7) is 7.75. The van der Waals surface area contributed by atoms with Gasteiger partial charge < -0.3 is 10.2 Å². The van der Waals surface area contributed by atoms with E-state index in [0.717, 1.165) is 39.1 Å². The Balaban J connectivity index is 1.56. The highest BCUT2D eigenvalue weighted by Gasteiger charge is 2.41. The fourth-order valence-corrected chi connectivity index (χ4v) is 8.40. The summed E-state index contributed by atoms with van der Waals surface area (Å²) in [6.07, 6.45) is 1.40. The Morgan fingerprint density at radius 3 is 2.43 bits per heavy atom. The van der Waals surface area contributed by atoms with E-state index in [0.29, 0.717) is 13.1 Å². The Kier molecular flexibility index (Phi) is 4.78. The summed E-state index contributed by atoms with van der Waals surface area (Å²) in [5, 5.41) is 2.65. The quantitative estimate of drug-likeness (QED) is 0.696. The maximum Gasteiger partial charge on any atom is 0.218 e. The molecule has 3 rings (SSSR count). The zero-order chi connectivity index (χ0) is 16.7. The summed E-state index contributed by atoms with van der Waals surface area (Å²) >= 11 is 0. The minimum Gasteiger partial charge on any atom is -0.316 e. The monoisotopic (exact) mass is 365 g/mol. The zero-order valence-corrected chi connectivity index (χ0v) is 15.3. The van der Waals surface area contributed by atoms with Crippen LogP contribution in [-0.4, -0.2) is 88.6 Å². The highest BCUT2D eigenvalue weighted by Crippen LogP contribution is 2.27. The molecule has 0 aromatic heterocycles. The molecule has 7 nitrogen and oxygen atoms in total. The van der Waals surface area contributed by atoms with E-state index < -0.39 is 25.1 Å². The number of hydrogen-bond acceptors (Lipinski definition) is 6. The zero-order valence-electron chi connectivity index (χ0n) is 13.7. The second-order valence-electron chi connectivity index (χ2n) is 7.48. The number of rotatable bonds is 4. The molecule has 0 aliphatic carbocycles. The molecule has 3 aliphatic rings. The van der Waals surface area contributed by atoms with Gasteiger partial charge in [0.05, 0.1) is 16.8 Å². The smallest absolute Gasteiger partial charge is 0.218 e. The minimum atomic E-state index is -3.48. The van der Waals surface area contributed by atoms with Gasteiger partial charge in [0, 0.05) is 39.3 Å². The molecule has 3 aliphatic heterocycles. The lowest BCUT2D eigenvalue weighted by atomic mass is 9.89. The van der Waals surface area contributed by atoms with Gasteiger partial charge in [-0.1, -0.05) is 6.92 Å². The van der Waals surface area contributed by atoms with Gasteiger partial charge in [0.25, 0.3) is 0 Å². The van der Waals surface area contributed by atoms with Crippen molar-refractivity contribution in [3.05, 3.63) is 0 Å². The fraction of sp³-hybridized carbons (Fsp3) is 1.00. The molecule has 2 unspecified atom stereocenters. The Labute approximate surface area is 139 Å². The summed E-state index contributed by atoms with van der Waals surface area (Å²) < 4.78 is 49.9. The molecular weight excluding hydrogens is 338 g/mol. The van der Waals surface area contributed by atoms with Crippen molar-refractivity contribution < 1.29 is 16.8 Å². The first-order valence-electron chi connectivity index (χ1n) is 8.33. The molecule has 3 fully saturated rings. The van der Waals surface area contributed by atoms with Crippen molar-refractivity contribution >= 4 is 19.9 Å². The summed E-state index contributed by atoms with van der Waals surface area (Å²) in [5.74, 6) is -0.207. The molecule has 0 spiro atoms. The van der Waals surface area contributed by atoms with E-state index in [2.05, 4.69) is 17.1 Å². The molecule has 3 heterocycles. The second-order valence-corrected chi connectivity index (χ2v) is 11.9. The first-order chi connectivity index (χ1) is 10.7. The highest BCUT2D eigenvalue weighted by atomic mass is 32.2. The third kappa shape index (κ3) is 3.89. The number of nitrogens with zero attached hydrogens (tertiary/aromatic N) is 2. The van der Waals surface area contributed by atoms with Gasteiger partial charge in [0.15, 0.2) is 9.84 Å². The van der Waals surface area contributed by atoms with Gasteiger partial charge in [0.1, 0.15) is 0 Å². The SMILES string of the molecule is CC1(CN2CCN(S(=O)(=O)C3CCS(=O)(=O)C3)CC2)CCNC1. The number of sulfone groups is 1. The molecule has 2 atom stereocenters. The average Bonchev–Trinajstić information content (AvgIpc) is 3.06. The molecule has 0 amide bonds. The summed E-state index contributed by atoms with van der Waals surface area (Å²) in [5.41, 5.74) is 0.278. The van der Waals surface area contributed by atoms with Gasteiger partial charge in [-0.25, -0.2) is 16.8 Å². The fourth-order valence-electron chi connectivity index (χ4n) is 3.89. The molecule has 1 N–H and O–H groups in total. The lowest BCUT2D eigenvalue weighted by molar-refractivity contribution is 0.132. The summed E-state index contributed by atoms with van der Waals surface area (Å²) in [6, 6.07) is 0. The van der Waals surface area contributed by atoms with Gasteiger partial charge in [0.2, 0.25) is 10.0 Å². The van der Waals surface area contributed by atoms with Crippen LogP contribution >= 0.6 is 0 Å². The largest absolute Gasteiger partial charge is 0.316 e. The normalized spacial score (nSPS) is 36.5. The topological polar surface area (TPSA) is 86.8 Å². The molecule has 3 saturated heterocycles. The van der Waals surface area contributed by atoms with E-state index in [4.69, 9.17) is 0 Å². The standard InChI is InChI=1S/C14H27N3O4S2/c1-14(3-4-15-11-14)12-16-5-7-17(8-6-16)23(20,21)13-2-9-22(18,19)10-13/h13,15H,2-12H2,1H3. The van der Waals surface area contributed by atoms with E-state index in [-0.39, 0.29) is 23.3 Å². The lowest BCUT2D eigenvalue weighted by Crippen LogP contribution is -2.53. The molecule has 0 bridgehead atoms. The molecule has 9 heteroatoms. The van der Waals surface area contributed by atoms with Crippen LogP contribution in [0.15, 0.2) is 0 Å². The van der Waals surface area contributed by atoms with Crippen molar-refractivity contribution in [1.82, 2.24) is 14.5 Å². The van der Waals surface area contributed by atoms with Crippen molar-refractivity contribution in [2.75, 3.05) is 57.3 Å². The third-order valence-electron chi connectivity index (χ3n) is 5.37. The molecule has 134 valence electrons. The first-order valence-corrected chi connectivity index (χ1v) is 11.7.